The zero-order valence-electron chi connectivity index (χ0n) is 13.7. The summed E-state index contributed by atoms with van der Waals surface area (Å²) in [7, 11) is 0. The van der Waals surface area contributed by atoms with Crippen LogP contribution in [0.5, 0.6) is 5.75 Å². The highest BCUT2D eigenvalue weighted by atomic mass is 16.5. The molecule has 0 amide bonds. The summed E-state index contributed by atoms with van der Waals surface area (Å²) in [6, 6.07) is 13.9. The van der Waals surface area contributed by atoms with Crippen LogP contribution < -0.4 is 4.74 Å². The minimum absolute atomic E-state index is 0. The lowest BCUT2D eigenvalue weighted by molar-refractivity contribution is 0.302. The summed E-state index contributed by atoms with van der Waals surface area (Å²) in [5, 5.41) is 0. The molecule has 0 aliphatic carbocycles. The quantitative estimate of drug-likeness (QED) is 0.708. The Balaban J connectivity index is 0.000000546. The van der Waals surface area contributed by atoms with Gasteiger partial charge in [-0.25, -0.2) is 0 Å². The predicted molar refractivity (Wildman–Crippen MR) is 91.6 cm³/mol. The molecule has 0 aliphatic rings. The number of pyridine rings is 1. The van der Waals surface area contributed by atoms with Crippen LogP contribution in [0.25, 0.3) is 0 Å². The van der Waals surface area contributed by atoms with Crippen molar-refractivity contribution in [3.05, 3.63) is 59.9 Å². The molecule has 2 rings (SSSR count). The maximum Gasteiger partial charge on any atom is 0.141 e. The summed E-state index contributed by atoms with van der Waals surface area (Å²) >= 11 is 0. The SMILES string of the molecule is CCCC(C)C.Cc1ncccc1OCc1ccccc1.[HH]. The first-order valence-corrected chi connectivity index (χ1v) is 7.71. The van der Waals surface area contributed by atoms with Gasteiger partial charge in [-0.2, -0.15) is 0 Å². The molecule has 0 unspecified atom stereocenters. The molecule has 0 spiro atoms. The van der Waals surface area contributed by atoms with Gasteiger partial charge in [0.15, 0.2) is 0 Å². The van der Waals surface area contributed by atoms with Gasteiger partial charge >= 0.3 is 0 Å². The minimum atomic E-state index is 0. The topological polar surface area (TPSA) is 22.1 Å². The summed E-state index contributed by atoms with van der Waals surface area (Å²) < 4.78 is 5.66. The third-order valence-corrected chi connectivity index (χ3v) is 3.06. The van der Waals surface area contributed by atoms with Gasteiger partial charge in [0.2, 0.25) is 0 Å². The average Bonchev–Trinajstić information content (AvgIpc) is 2.48. The van der Waals surface area contributed by atoms with E-state index in [0.717, 1.165) is 17.4 Å². The fraction of sp³-hybridized carbons (Fsp3) is 0.421. The molecule has 2 aromatic rings. The van der Waals surface area contributed by atoms with E-state index in [1.165, 1.54) is 18.4 Å². The third kappa shape index (κ3) is 7.50. The van der Waals surface area contributed by atoms with E-state index in [4.69, 9.17) is 4.74 Å². The zero-order chi connectivity index (χ0) is 15.5. The number of benzene rings is 1. The normalized spacial score (nSPS) is 9.95. The molecule has 0 fully saturated rings. The molecule has 2 nitrogen and oxygen atoms in total. The van der Waals surface area contributed by atoms with Gasteiger partial charge < -0.3 is 4.74 Å². The van der Waals surface area contributed by atoms with Crippen LogP contribution in [0.1, 0.15) is 46.3 Å². The Morgan fingerprint density at radius 3 is 2.33 bits per heavy atom. The van der Waals surface area contributed by atoms with Gasteiger partial charge in [0.1, 0.15) is 12.4 Å². The molecule has 0 radical (unpaired) electrons. The van der Waals surface area contributed by atoms with Crippen LogP contribution in [0.4, 0.5) is 0 Å². The van der Waals surface area contributed by atoms with Gasteiger partial charge in [-0.15, -0.1) is 0 Å². The van der Waals surface area contributed by atoms with Gasteiger partial charge in [-0.1, -0.05) is 63.9 Å². The van der Waals surface area contributed by atoms with E-state index in [0.29, 0.717) is 6.61 Å². The second-order valence-corrected chi connectivity index (χ2v) is 5.54. The first kappa shape index (κ1) is 17.2. The number of aryl methyl sites for hydroxylation is 1. The minimum Gasteiger partial charge on any atom is -0.487 e. The lowest BCUT2D eigenvalue weighted by Gasteiger charge is -2.07. The standard InChI is InChI=1S/C13H13NO.C6H14.H2/c1-11-13(8-5-9-14-11)15-10-12-6-3-2-4-7-12;1-4-5-6(2)3;/h2-9H,10H2,1H3;6H,4-5H2,1-3H3;1H. The summed E-state index contributed by atoms with van der Waals surface area (Å²) in [6.07, 6.45) is 4.47. The van der Waals surface area contributed by atoms with E-state index < -0.39 is 0 Å². The van der Waals surface area contributed by atoms with Crippen molar-refractivity contribution in [1.29, 1.82) is 0 Å². The predicted octanol–water partition coefficient (Wildman–Crippen LogP) is 5.66. The Morgan fingerprint density at radius 2 is 1.81 bits per heavy atom. The van der Waals surface area contributed by atoms with Gasteiger partial charge in [0.05, 0.1) is 5.69 Å². The van der Waals surface area contributed by atoms with E-state index in [-0.39, 0.29) is 1.43 Å². The van der Waals surface area contributed by atoms with Gasteiger partial charge in [-0.3, -0.25) is 4.98 Å². The molecular formula is C19H29NO. The van der Waals surface area contributed by atoms with Gasteiger partial charge in [0.25, 0.3) is 0 Å². The Morgan fingerprint density at radius 1 is 1.10 bits per heavy atom. The van der Waals surface area contributed by atoms with Crippen LogP contribution in [0, 0.1) is 12.8 Å². The van der Waals surface area contributed by atoms with E-state index in [1.54, 1.807) is 6.20 Å². The summed E-state index contributed by atoms with van der Waals surface area (Å²) in [6.45, 7) is 9.26. The lowest BCUT2D eigenvalue weighted by atomic mass is 10.1. The first-order valence-electron chi connectivity index (χ1n) is 7.71. The molecule has 0 aliphatic heterocycles. The van der Waals surface area contributed by atoms with Crippen molar-refractivity contribution in [2.24, 2.45) is 5.92 Å². The summed E-state index contributed by atoms with van der Waals surface area (Å²) in [5.74, 6) is 1.75. The molecule has 0 bridgehead atoms. The van der Waals surface area contributed by atoms with Crippen LogP contribution in [-0.4, -0.2) is 4.98 Å². The molecule has 0 atom stereocenters. The van der Waals surface area contributed by atoms with Crippen molar-refractivity contribution >= 4 is 0 Å². The summed E-state index contributed by atoms with van der Waals surface area (Å²) in [5.41, 5.74) is 2.09. The molecule has 1 heterocycles. The van der Waals surface area contributed by atoms with Crippen LogP contribution in [0.3, 0.4) is 0 Å². The van der Waals surface area contributed by atoms with E-state index in [1.807, 2.05) is 49.4 Å². The fourth-order valence-electron chi connectivity index (χ4n) is 1.93. The highest BCUT2D eigenvalue weighted by molar-refractivity contribution is 5.26. The Kier molecular flexibility index (Phi) is 8.18. The molecular weight excluding hydrogens is 258 g/mol. The number of nitrogens with zero attached hydrogens (tertiary/aromatic N) is 1. The second-order valence-electron chi connectivity index (χ2n) is 5.54. The van der Waals surface area contributed by atoms with E-state index in [2.05, 4.69) is 25.8 Å². The molecule has 0 saturated heterocycles. The second kappa shape index (κ2) is 9.98. The van der Waals surface area contributed by atoms with E-state index in [9.17, 15) is 0 Å². The largest absolute Gasteiger partial charge is 0.487 e. The molecule has 0 N–H and O–H groups in total. The van der Waals surface area contributed by atoms with Crippen LogP contribution in [-0.2, 0) is 6.61 Å². The van der Waals surface area contributed by atoms with Gasteiger partial charge in [-0.05, 0) is 30.5 Å². The highest BCUT2D eigenvalue weighted by Crippen LogP contribution is 2.15. The third-order valence-electron chi connectivity index (χ3n) is 3.06. The number of ether oxygens (including phenoxy) is 1. The number of hydrogen-bond donors (Lipinski definition) is 0. The van der Waals surface area contributed by atoms with Crippen molar-refractivity contribution in [2.75, 3.05) is 0 Å². The zero-order valence-corrected chi connectivity index (χ0v) is 13.7. The highest BCUT2D eigenvalue weighted by Gasteiger charge is 1.98. The number of rotatable bonds is 5. The number of hydrogen-bond acceptors (Lipinski definition) is 2. The fourth-order valence-corrected chi connectivity index (χ4v) is 1.93. The van der Waals surface area contributed by atoms with Crippen LogP contribution in [0.15, 0.2) is 48.7 Å². The molecule has 21 heavy (non-hydrogen) atoms. The maximum absolute atomic E-state index is 5.66. The monoisotopic (exact) mass is 287 g/mol. The van der Waals surface area contributed by atoms with Crippen LogP contribution in [0.2, 0.25) is 0 Å². The Bertz CT molecular complexity index is 500. The van der Waals surface area contributed by atoms with E-state index >= 15 is 0 Å². The van der Waals surface area contributed by atoms with Crippen molar-refractivity contribution < 1.29 is 6.16 Å². The smallest absolute Gasteiger partial charge is 0.141 e. The molecule has 1 aromatic heterocycles. The number of aromatic nitrogens is 1. The molecule has 116 valence electrons. The Labute approximate surface area is 130 Å². The van der Waals surface area contributed by atoms with Gasteiger partial charge in [0, 0.05) is 7.62 Å². The molecule has 2 heteroatoms. The Hall–Kier alpha value is -1.83. The molecule has 0 saturated carbocycles. The van der Waals surface area contributed by atoms with Crippen LogP contribution >= 0.6 is 0 Å². The van der Waals surface area contributed by atoms with Crippen molar-refractivity contribution in [2.45, 2.75) is 47.1 Å². The lowest BCUT2D eigenvalue weighted by Crippen LogP contribution is -1.97. The summed E-state index contributed by atoms with van der Waals surface area (Å²) in [4.78, 5) is 4.17. The average molecular weight is 287 g/mol. The maximum atomic E-state index is 5.66. The molecule has 1 aromatic carbocycles. The first-order chi connectivity index (χ1) is 10.1. The van der Waals surface area contributed by atoms with Crippen molar-refractivity contribution in [3.8, 4) is 5.75 Å². The van der Waals surface area contributed by atoms with Crippen molar-refractivity contribution in [3.63, 3.8) is 0 Å². The van der Waals surface area contributed by atoms with Crippen molar-refractivity contribution in [1.82, 2.24) is 4.98 Å².